The summed E-state index contributed by atoms with van der Waals surface area (Å²) < 4.78 is 1.66. The van der Waals surface area contributed by atoms with Gasteiger partial charge in [0.25, 0.3) is 5.69 Å². The fourth-order valence-electron chi connectivity index (χ4n) is 2.24. The maximum absolute atomic E-state index is 11.0. The van der Waals surface area contributed by atoms with Crippen molar-refractivity contribution >= 4 is 45.4 Å². The van der Waals surface area contributed by atoms with Gasteiger partial charge in [0.2, 0.25) is 5.13 Å². The lowest BCUT2D eigenvalue weighted by Gasteiger charge is -2.16. The molecule has 0 radical (unpaired) electrons. The number of hydrazone groups is 1. The Labute approximate surface area is 170 Å². The third kappa shape index (κ3) is 4.74. The highest BCUT2D eigenvalue weighted by Gasteiger charge is 2.25. The van der Waals surface area contributed by atoms with Crippen molar-refractivity contribution in [1.82, 2.24) is 19.7 Å². The molecule has 9 nitrogen and oxygen atoms in total. The smallest absolute Gasteiger partial charge is 0.258 e. The highest BCUT2D eigenvalue weighted by Crippen LogP contribution is 2.34. The summed E-state index contributed by atoms with van der Waals surface area (Å²) in [6.45, 7) is 6.18. The lowest BCUT2D eigenvalue weighted by molar-refractivity contribution is -0.385. The first-order valence-electron chi connectivity index (χ1n) is 7.75. The highest BCUT2D eigenvalue weighted by molar-refractivity contribution is 8.93. The molecule has 3 aromatic rings. The molecule has 0 unspecified atom stereocenters. The van der Waals surface area contributed by atoms with Crippen LogP contribution in [0, 0.1) is 10.1 Å². The molecular formula is C16H18BrN7O2S. The number of halogens is 1. The van der Waals surface area contributed by atoms with Crippen LogP contribution in [0.15, 0.2) is 42.0 Å². The normalized spacial score (nSPS) is 11.4. The summed E-state index contributed by atoms with van der Waals surface area (Å²) in [4.78, 5) is 19.2. The van der Waals surface area contributed by atoms with Gasteiger partial charge in [-0.2, -0.15) is 10.2 Å². The van der Waals surface area contributed by atoms with Crippen LogP contribution in [-0.2, 0) is 5.41 Å². The minimum Gasteiger partial charge on any atom is -0.258 e. The van der Waals surface area contributed by atoms with Gasteiger partial charge in [0.1, 0.15) is 17.7 Å². The van der Waals surface area contributed by atoms with Crippen LogP contribution in [0.1, 0.15) is 32.0 Å². The van der Waals surface area contributed by atoms with E-state index in [1.807, 2.05) is 0 Å². The second-order valence-corrected chi connectivity index (χ2v) is 7.43. The minimum atomic E-state index is -0.439. The molecule has 0 fully saturated rings. The highest BCUT2D eigenvalue weighted by atomic mass is 79.9. The van der Waals surface area contributed by atoms with Crippen LogP contribution >= 0.6 is 28.3 Å². The predicted molar refractivity (Wildman–Crippen MR) is 110 cm³/mol. The number of aromatic nitrogens is 4. The summed E-state index contributed by atoms with van der Waals surface area (Å²) in [6.07, 6.45) is 4.49. The van der Waals surface area contributed by atoms with Crippen molar-refractivity contribution < 1.29 is 4.92 Å². The number of rotatable bonds is 5. The van der Waals surface area contributed by atoms with E-state index < -0.39 is 4.92 Å². The van der Waals surface area contributed by atoms with Gasteiger partial charge >= 0.3 is 0 Å². The van der Waals surface area contributed by atoms with Crippen molar-refractivity contribution in [1.29, 1.82) is 0 Å². The third-order valence-electron chi connectivity index (χ3n) is 3.44. The zero-order valence-corrected chi connectivity index (χ0v) is 17.4. The summed E-state index contributed by atoms with van der Waals surface area (Å²) in [5.41, 5.74) is 3.92. The lowest BCUT2D eigenvalue weighted by atomic mass is 9.92. The zero-order chi connectivity index (χ0) is 18.7. The molecular weight excluding hydrogens is 434 g/mol. The Morgan fingerprint density at radius 3 is 2.70 bits per heavy atom. The Kier molecular flexibility index (Phi) is 6.39. The van der Waals surface area contributed by atoms with Crippen molar-refractivity contribution in [2.45, 2.75) is 26.2 Å². The second-order valence-electron chi connectivity index (χ2n) is 6.45. The molecule has 0 atom stereocenters. The molecule has 2 heterocycles. The summed E-state index contributed by atoms with van der Waals surface area (Å²) in [5, 5.41) is 20.7. The Bertz CT molecular complexity index is 948. The van der Waals surface area contributed by atoms with E-state index in [1.54, 1.807) is 29.2 Å². The molecule has 1 N–H and O–H groups in total. The Balaban J connectivity index is 0.00000261. The first kappa shape index (κ1) is 20.6. The molecule has 0 aliphatic heterocycles. The zero-order valence-electron chi connectivity index (χ0n) is 14.9. The van der Waals surface area contributed by atoms with Gasteiger partial charge < -0.3 is 0 Å². The number of nitro groups is 1. The molecule has 0 saturated carbocycles. The first-order valence-corrected chi connectivity index (χ1v) is 8.56. The molecule has 3 rings (SSSR count). The fraction of sp³-hybridized carbons (Fsp3) is 0.250. The Morgan fingerprint density at radius 2 is 2.07 bits per heavy atom. The van der Waals surface area contributed by atoms with Crippen LogP contribution in [-0.4, -0.2) is 30.9 Å². The quantitative estimate of drug-likeness (QED) is 0.357. The predicted octanol–water partition coefficient (Wildman–Crippen LogP) is 3.95. The van der Waals surface area contributed by atoms with E-state index in [1.165, 1.54) is 29.9 Å². The van der Waals surface area contributed by atoms with E-state index in [0.29, 0.717) is 10.7 Å². The summed E-state index contributed by atoms with van der Waals surface area (Å²) in [5.74, 6) is 0. The molecule has 0 amide bonds. The second kappa shape index (κ2) is 8.35. The number of para-hydroxylation sites is 1. The van der Waals surface area contributed by atoms with Gasteiger partial charge in [-0.25, -0.2) is 14.6 Å². The van der Waals surface area contributed by atoms with Crippen LogP contribution in [0.3, 0.4) is 0 Å². The average Bonchev–Trinajstić information content (AvgIpc) is 3.24. The summed E-state index contributed by atoms with van der Waals surface area (Å²) in [7, 11) is 0. The molecule has 1 aromatic carbocycles. The summed E-state index contributed by atoms with van der Waals surface area (Å²) >= 11 is 1.38. The standard InChI is InChI=1S/C16H17N7O2S.BrH/c1-16(2,3)13-14(22-10-17-9-19-22)26-15(20-13)21-18-8-11-6-4-5-7-12(11)23(24)25;/h4-10H,1-3H3,(H,20,21);1H/b18-8+;. The number of hydrogen-bond acceptors (Lipinski definition) is 8. The molecule has 0 saturated heterocycles. The van der Waals surface area contributed by atoms with Gasteiger partial charge in [0.05, 0.1) is 22.4 Å². The number of benzene rings is 1. The third-order valence-corrected chi connectivity index (χ3v) is 4.39. The Hall–Kier alpha value is -2.66. The van der Waals surface area contributed by atoms with Crippen molar-refractivity contribution in [3.63, 3.8) is 0 Å². The van der Waals surface area contributed by atoms with Gasteiger partial charge in [-0.1, -0.05) is 44.2 Å². The number of nitro benzene ring substituents is 1. The number of thiazole rings is 1. The van der Waals surface area contributed by atoms with E-state index >= 15 is 0 Å². The average molecular weight is 452 g/mol. The molecule has 2 aromatic heterocycles. The van der Waals surface area contributed by atoms with Gasteiger partial charge in [-0.3, -0.25) is 15.5 Å². The number of nitrogens with one attached hydrogen (secondary N) is 1. The van der Waals surface area contributed by atoms with E-state index in [-0.39, 0.29) is 28.1 Å². The first-order chi connectivity index (χ1) is 12.4. The van der Waals surface area contributed by atoms with Crippen LogP contribution < -0.4 is 5.43 Å². The number of nitrogens with zero attached hydrogens (tertiary/aromatic N) is 6. The van der Waals surface area contributed by atoms with Gasteiger partial charge in [0.15, 0.2) is 0 Å². The molecule has 0 spiro atoms. The molecule has 0 aliphatic rings. The van der Waals surface area contributed by atoms with Crippen LogP contribution in [0.25, 0.3) is 5.00 Å². The summed E-state index contributed by atoms with van der Waals surface area (Å²) in [6, 6.07) is 6.40. The lowest BCUT2D eigenvalue weighted by Crippen LogP contribution is -2.15. The number of hydrogen-bond donors (Lipinski definition) is 1. The topological polar surface area (TPSA) is 111 Å². The molecule has 0 aliphatic carbocycles. The van der Waals surface area contributed by atoms with Gasteiger partial charge in [-0.15, -0.1) is 17.0 Å². The van der Waals surface area contributed by atoms with Crippen molar-refractivity contribution in [2.24, 2.45) is 5.10 Å². The minimum absolute atomic E-state index is 0. The largest absolute Gasteiger partial charge is 0.278 e. The van der Waals surface area contributed by atoms with E-state index in [4.69, 9.17) is 0 Å². The van der Waals surface area contributed by atoms with Crippen molar-refractivity contribution in [2.75, 3.05) is 5.43 Å². The Morgan fingerprint density at radius 1 is 1.33 bits per heavy atom. The molecule has 0 bridgehead atoms. The van der Waals surface area contributed by atoms with E-state index in [0.717, 1.165) is 10.7 Å². The van der Waals surface area contributed by atoms with Crippen molar-refractivity contribution in [3.8, 4) is 5.00 Å². The maximum atomic E-state index is 11.0. The molecule has 11 heteroatoms. The fourth-order valence-corrected chi connectivity index (χ4v) is 3.29. The molecule has 27 heavy (non-hydrogen) atoms. The van der Waals surface area contributed by atoms with E-state index in [2.05, 4.69) is 46.4 Å². The van der Waals surface area contributed by atoms with Gasteiger partial charge in [0, 0.05) is 11.5 Å². The number of anilines is 1. The van der Waals surface area contributed by atoms with Crippen LogP contribution in [0.4, 0.5) is 10.8 Å². The van der Waals surface area contributed by atoms with E-state index in [9.17, 15) is 10.1 Å². The SMILES string of the molecule is Br.CC(C)(C)c1nc(N/N=C/c2ccccc2[N+](=O)[O-])sc1-n1cncn1. The molecule has 142 valence electrons. The van der Waals surface area contributed by atoms with Crippen molar-refractivity contribution in [3.05, 3.63) is 58.3 Å². The van der Waals surface area contributed by atoms with Crippen LogP contribution in [0.2, 0.25) is 0 Å². The maximum Gasteiger partial charge on any atom is 0.278 e. The monoisotopic (exact) mass is 451 g/mol. The van der Waals surface area contributed by atoms with Crippen LogP contribution in [0.5, 0.6) is 0 Å². The van der Waals surface area contributed by atoms with Gasteiger partial charge in [-0.05, 0) is 6.07 Å².